The van der Waals surface area contributed by atoms with Crippen LogP contribution in [0.2, 0.25) is 0 Å². The molecule has 0 fully saturated rings. The van der Waals surface area contributed by atoms with Gasteiger partial charge in [0.1, 0.15) is 0 Å². The molecule has 1 heterocycles. The van der Waals surface area contributed by atoms with Crippen LogP contribution in [0.25, 0.3) is 0 Å². The summed E-state index contributed by atoms with van der Waals surface area (Å²) in [5.74, 6) is 1.16. The van der Waals surface area contributed by atoms with Crippen LogP contribution < -0.4 is 5.73 Å². The monoisotopic (exact) mass is 213 g/mol. The van der Waals surface area contributed by atoms with E-state index in [1.807, 2.05) is 29.7 Å². The highest BCUT2D eigenvalue weighted by Gasteiger charge is 2.03. The minimum absolute atomic E-state index is 0.336. The summed E-state index contributed by atoms with van der Waals surface area (Å²) in [6.45, 7) is 0. The van der Waals surface area contributed by atoms with Crippen molar-refractivity contribution >= 4 is 11.8 Å². The smallest absolute Gasteiger partial charge is 0.0521 e. The molecule has 1 atom stereocenters. The summed E-state index contributed by atoms with van der Waals surface area (Å²) in [5.41, 5.74) is 7.26. The zero-order valence-corrected chi connectivity index (χ0v) is 9.76. The Kier molecular flexibility index (Phi) is 5.04. The number of nitrogens with zero attached hydrogens (tertiary/aromatic N) is 2. The molecule has 0 aliphatic heterocycles. The van der Waals surface area contributed by atoms with Gasteiger partial charge in [0.05, 0.1) is 6.20 Å². The maximum Gasteiger partial charge on any atom is 0.0521 e. The van der Waals surface area contributed by atoms with E-state index in [1.165, 1.54) is 5.56 Å². The van der Waals surface area contributed by atoms with Crippen molar-refractivity contribution < 1.29 is 0 Å². The Morgan fingerprint density at radius 1 is 1.57 bits per heavy atom. The van der Waals surface area contributed by atoms with Crippen LogP contribution in [0.1, 0.15) is 18.4 Å². The second-order valence-electron chi connectivity index (χ2n) is 3.60. The van der Waals surface area contributed by atoms with E-state index < -0.39 is 0 Å². The standard InChI is InChI=1S/C10H19N3S/c1-13-8-9(7-12-13)3-4-10(11)5-6-14-2/h7-8,10H,3-6,11H2,1-2H3. The molecule has 0 aliphatic rings. The van der Waals surface area contributed by atoms with Gasteiger partial charge in [-0.05, 0) is 36.8 Å². The van der Waals surface area contributed by atoms with Gasteiger partial charge in [0.15, 0.2) is 0 Å². The Morgan fingerprint density at radius 3 is 2.93 bits per heavy atom. The molecule has 1 rings (SSSR count). The Morgan fingerprint density at radius 2 is 2.36 bits per heavy atom. The summed E-state index contributed by atoms with van der Waals surface area (Å²) in [6, 6.07) is 0.336. The van der Waals surface area contributed by atoms with E-state index >= 15 is 0 Å². The van der Waals surface area contributed by atoms with E-state index in [2.05, 4.69) is 17.6 Å². The zero-order valence-electron chi connectivity index (χ0n) is 8.94. The average molecular weight is 213 g/mol. The quantitative estimate of drug-likeness (QED) is 0.777. The van der Waals surface area contributed by atoms with Gasteiger partial charge in [-0.3, -0.25) is 4.68 Å². The van der Waals surface area contributed by atoms with E-state index in [0.717, 1.165) is 25.0 Å². The Balaban J connectivity index is 2.20. The van der Waals surface area contributed by atoms with Crippen LogP contribution in [0.5, 0.6) is 0 Å². The van der Waals surface area contributed by atoms with E-state index in [9.17, 15) is 0 Å². The Hall–Kier alpha value is -0.480. The van der Waals surface area contributed by atoms with Gasteiger partial charge in [0, 0.05) is 19.3 Å². The van der Waals surface area contributed by atoms with Crippen molar-refractivity contribution in [1.82, 2.24) is 9.78 Å². The van der Waals surface area contributed by atoms with Gasteiger partial charge in [-0.1, -0.05) is 0 Å². The average Bonchev–Trinajstić information content (AvgIpc) is 2.58. The van der Waals surface area contributed by atoms with Gasteiger partial charge in [0.25, 0.3) is 0 Å². The predicted octanol–water partition coefficient (Wildman–Crippen LogP) is 1.43. The fourth-order valence-corrected chi connectivity index (χ4v) is 1.91. The number of hydrogen-bond acceptors (Lipinski definition) is 3. The van der Waals surface area contributed by atoms with Gasteiger partial charge < -0.3 is 5.73 Å². The highest BCUT2D eigenvalue weighted by molar-refractivity contribution is 7.98. The van der Waals surface area contributed by atoms with Crippen molar-refractivity contribution in [3.63, 3.8) is 0 Å². The summed E-state index contributed by atoms with van der Waals surface area (Å²) in [5, 5.41) is 4.13. The highest BCUT2D eigenvalue weighted by Crippen LogP contribution is 2.07. The number of hydrogen-bond donors (Lipinski definition) is 1. The molecule has 0 aliphatic carbocycles. The second-order valence-corrected chi connectivity index (χ2v) is 4.59. The molecule has 1 unspecified atom stereocenters. The van der Waals surface area contributed by atoms with Crippen molar-refractivity contribution in [1.29, 1.82) is 0 Å². The van der Waals surface area contributed by atoms with Gasteiger partial charge in [-0.2, -0.15) is 16.9 Å². The molecule has 0 amide bonds. The van der Waals surface area contributed by atoms with Crippen molar-refractivity contribution in [3.8, 4) is 0 Å². The van der Waals surface area contributed by atoms with Gasteiger partial charge in [0.2, 0.25) is 0 Å². The molecule has 0 saturated carbocycles. The first kappa shape index (κ1) is 11.6. The van der Waals surface area contributed by atoms with Crippen LogP contribution in [-0.4, -0.2) is 27.8 Å². The highest BCUT2D eigenvalue weighted by atomic mass is 32.2. The molecule has 0 saturated heterocycles. The maximum atomic E-state index is 5.97. The fourth-order valence-electron chi connectivity index (χ4n) is 1.37. The van der Waals surface area contributed by atoms with Crippen LogP contribution >= 0.6 is 11.8 Å². The summed E-state index contributed by atoms with van der Waals surface area (Å²) in [6.07, 6.45) is 9.31. The summed E-state index contributed by atoms with van der Waals surface area (Å²) >= 11 is 1.86. The summed E-state index contributed by atoms with van der Waals surface area (Å²) < 4.78 is 1.84. The minimum Gasteiger partial charge on any atom is -0.328 e. The molecule has 4 heteroatoms. The molecule has 0 radical (unpaired) electrons. The van der Waals surface area contributed by atoms with Gasteiger partial charge >= 0.3 is 0 Å². The van der Waals surface area contributed by atoms with Crippen molar-refractivity contribution in [3.05, 3.63) is 18.0 Å². The van der Waals surface area contributed by atoms with Gasteiger partial charge in [-0.15, -0.1) is 0 Å². The molecule has 2 N–H and O–H groups in total. The first-order valence-electron chi connectivity index (χ1n) is 4.94. The van der Waals surface area contributed by atoms with Crippen molar-refractivity contribution in [2.75, 3.05) is 12.0 Å². The molecule has 0 aromatic carbocycles. The van der Waals surface area contributed by atoms with Crippen LogP contribution in [-0.2, 0) is 13.5 Å². The first-order valence-corrected chi connectivity index (χ1v) is 6.34. The van der Waals surface area contributed by atoms with E-state index in [4.69, 9.17) is 5.73 Å². The molecular formula is C10H19N3S. The second kappa shape index (κ2) is 6.09. The van der Waals surface area contributed by atoms with Crippen molar-refractivity contribution in [2.24, 2.45) is 12.8 Å². The summed E-state index contributed by atoms with van der Waals surface area (Å²) in [7, 11) is 1.94. The van der Waals surface area contributed by atoms with E-state index in [0.29, 0.717) is 6.04 Å². The third kappa shape index (κ3) is 4.15. The zero-order chi connectivity index (χ0) is 10.4. The number of rotatable bonds is 6. The molecule has 3 nitrogen and oxygen atoms in total. The largest absolute Gasteiger partial charge is 0.328 e. The van der Waals surface area contributed by atoms with Crippen LogP contribution in [0.15, 0.2) is 12.4 Å². The lowest BCUT2D eigenvalue weighted by Crippen LogP contribution is -2.21. The first-order chi connectivity index (χ1) is 6.72. The lowest BCUT2D eigenvalue weighted by molar-refractivity contribution is 0.600. The molecule has 1 aromatic heterocycles. The molecule has 0 spiro atoms. The number of thioether (sulfide) groups is 1. The SMILES string of the molecule is CSCCC(N)CCc1cnn(C)c1. The fraction of sp³-hybridized carbons (Fsp3) is 0.700. The molecule has 1 aromatic rings. The lowest BCUT2D eigenvalue weighted by atomic mass is 10.1. The molecule has 14 heavy (non-hydrogen) atoms. The number of nitrogens with two attached hydrogens (primary N) is 1. The number of aromatic nitrogens is 2. The normalized spacial score (nSPS) is 13.1. The van der Waals surface area contributed by atoms with Crippen molar-refractivity contribution in [2.45, 2.75) is 25.3 Å². The minimum atomic E-state index is 0.336. The third-order valence-corrected chi connectivity index (χ3v) is 2.90. The van der Waals surface area contributed by atoms with E-state index in [1.54, 1.807) is 0 Å². The summed E-state index contributed by atoms with van der Waals surface area (Å²) in [4.78, 5) is 0. The predicted molar refractivity (Wildman–Crippen MR) is 62.5 cm³/mol. The number of aryl methyl sites for hydroxylation is 2. The van der Waals surface area contributed by atoms with E-state index in [-0.39, 0.29) is 0 Å². The third-order valence-electron chi connectivity index (χ3n) is 2.25. The molecule has 80 valence electrons. The Bertz CT molecular complexity index is 260. The molecule has 0 bridgehead atoms. The van der Waals surface area contributed by atoms with Gasteiger partial charge in [-0.25, -0.2) is 0 Å². The van der Waals surface area contributed by atoms with Crippen LogP contribution in [0.4, 0.5) is 0 Å². The topological polar surface area (TPSA) is 43.8 Å². The van der Waals surface area contributed by atoms with Crippen LogP contribution in [0.3, 0.4) is 0 Å². The maximum absolute atomic E-state index is 5.97. The van der Waals surface area contributed by atoms with Crippen LogP contribution in [0, 0.1) is 0 Å². The molecular weight excluding hydrogens is 194 g/mol. The Labute approximate surface area is 90.1 Å². The lowest BCUT2D eigenvalue weighted by Gasteiger charge is -2.08.